The zero-order chi connectivity index (χ0) is 14.8. The summed E-state index contributed by atoms with van der Waals surface area (Å²) in [6.07, 6.45) is 4.47. The standard InChI is InChI=1S/C15H20N4O2/c1-2-12-3-4-13(21-12)15(20)18-8-5-11(6-9-18)19-10-7-14(16)17-19/h3-4,7,10-11H,2,5-6,8-9H2,1H3,(H2,16,17). The molecule has 112 valence electrons. The second-order valence-corrected chi connectivity index (χ2v) is 5.36. The van der Waals surface area contributed by atoms with Gasteiger partial charge in [-0.05, 0) is 31.0 Å². The molecule has 0 atom stereocenters. The number of carbonyl (C=O) groups is 1. The molecule has 2 aromatic rings. The summed E-state index contributed by atoms with van der Waals surface area (Å²) >= 11 is 0. The first-order chi connectivity index (χ1) is 10.2. The second kappa shape index (κ2) is 5.63. The number of carbonyl (C=O) groups excluding carboxylic acids is 1. The molecule has 3 rings (SSSR count). The lowest BCUT2D eigenvalue weighted by molar-refractivity contribution is 0.0656. The first-order valence-electron chi connectivity index (χ1n) is 7.36. The molecule has 1 aliphatic rings. The van der Waals surface area contributed by atoms with E-state index >= 15 is 0 Å². The first kappa shape index (κ1) is 13.7. The van der Waals surface area contributed by atoms with E-state index in [0.717, 1.165) is 25.0 Å². The summed E-state index contributed by atoms with van der Waals surface area (Å²) in [6.45, 7) is 3.44. The zero-order valence-electron chi connectivity index (χ0n) is 12.2. The summed E-state index contributed by atoms with van der Waals surface area (Å²) in [4.78, 5) is 14.2. The third-order valence-electron chi connectivity index (χ3n) is 3.98. The lowest BCUT2D eigenvalue weighted by Crippen LogP contribution is -2.39. The van der Waals surface area contributed by atoms with Crippen LogP contribution in [0.4, 0.5) is 5.82 Å². The normalized spacial score (nSPS) is 16.3. The van der Waals surface area contributed by atoms with Gasteiger partial charge in [-0.25, -0.2) is 0 Å². The molecule has 0 bridgehead atoms. The number of likely N-dealkylation sites (tertiary alicyclic amines) is 1. The Morgan fingerprint density at radius 1 is 1.38 bits per heavy atom. The number of anilines is 1. The number of nitrogens with two attached hydrogens (primary N) is 1. The van der Waals surface area contributed by atoms with Crippen molar-refractivity contribution >= 4 is 11.7 Å². The monoisotopic (exact) mass is 288 g/mol. The van der Waals surface area contributed by atoms with Crippen molar-refractivity contribution in [3.05, 3.63) is 35.9 Å². The number of nitrogen functional groups attached to an aromatic ring is 1. The van der Waals surface area contributed by atoms with Crippen LogP contribution in [0.15, 0.2) is 28.8 Å². The van der Waals surface area contributed by atoms with Crippen molar-refractivity contribution in [2.45, 2.75) is 32.2 Å². The van der Waals surface area contributed by atoms with E-state index in [1.807, 2.05) is 28.8 Å². The van der Waals surface area contributed by atoms with Crippen LogP contribution in [0.3, 0.4) is 0 Å². The Morgan fingerprint density at radius 2 is 2.14 bits per heavy atom. The van der Waals surface area contributed by atoms with Crippen molar-refractivity contribution in [1.29, 1.82) is 0 Å². The second-order valence-electron chi connectivity index (χ2n) is 5.36. The number of aromatic nitrogens is 2. The molecule has 1 aliphatic heterocycles. The zero-order valence-corrected chi connectivity index (χ0v) is 12.2. The summed E-state index contributed by atoms with van der Waals surface area (Å²) in [6, 6.07) is 5.75. The smallest absolute Gasteiger partial charge is 0.289 e. The number of amides is 1. The Morgan fingerprint density at radius 3 is 2.71 bits per heavy atom. The molecular weight excluding hydrogens is 268 g/mol. The topological polar surface area (TPSA) is 77.3 Å². The maximum atomic E-state index is 12.4. The number of aryl methyl sites for hydroxylation is 1. The minimum Gasteiger partial charge on any atom is -0.456 e. The molecule has 0 aliphatic carbocycles. The van der Waals surface area contributed by atoms with Crippen LogP contribution in [0.1, 0.15) is 42.1 Å². The number of piperidine rings is 1. The van der Waals surface area contributed by atoms with E-state index < -0.39 is 0 Å². The molecule has 1 fully saturated rings. The Bertz CT molecular complexity index is 623. The SMILES string of the molecule is CCc1ccc(C(=O)N2CCC(n3ccc(N)n3)CC2)o1. The van der Waals surface area contributed by atoms with Gasteiger partial charge in [-0.3, -0.25) is 9.48 Å². The van der Waals surface area contributed by atoms with Crippen molar-refractivity contribution in [1.82, 2.24) is 14.7 Å². The predicted octanol–water partition coefficient (Wildman–Crippen LogP) is 2.10. The van der Waals surface area contributed by atoms with E-state index in [4.69, 9.17) is 10.2 Å². The van der Waals surface area contributed by atoms with Crippen LogP contribution in [0.2, 0.25) is 0 Å². The quantitative estimate of drug-likeness (QED) is 0.938. The summed E-state index contributed by atoms with van der Waals surface area (Å²) in [5, 5.41) is 4.25. The highest BCUT2D eigenvalue weighted by atomic mass is 16.4. The van der Waals surface area contributed by atoms with E-state index in [2.05, 4.69) is 5.10 Å². The lowest BCUT2D eigenvalue weighted by Gasteiger charge is -2.31. The van der Waals surface area contributed by atoms with Crippen LogP contribution < -0.4 is 5.73 Å². The third kappa shape index (κ3) is 2.79. The van der Waals surface area contributed by atoms with Gasteiger partial charge in [0.2, 0.25) is 0 Å². The van der Waals surface area contributed by atoms with Gasteiger partial charge in [0.05, 0.1) is 6.04 Å². The minimum absolute atomic E-state index is 0.0203. The van der Waals surface area contributed by atoms with Crippen LogP contribution >= 0.6 is 0 Å². The fourth-order valence-electron chi connectivity index (χ4n) is 2.73. The predicted molar refractivity (Wildman–Crippen MR) is 78.9 cm³/mol. The fourth-order valence-corrected chi connectivity index (χ4v) is 2.73. The highest BCUT2D eigenvalue weighted by Gasteiger charge is 2.26. The summed E-state index contributed by atoms with van der Waals surface area (Å²) in [7, 11) is 0. The van der Waals surface area contributed by atoms with E-state index in [1.54, 1.807) is 12.1 Å². The Balaban J connectivity index is 1.61. The molecule has 21 heavy (non-hydrogen) atoms. The maximum Gasteiger partial charge on any atom is 0.289 e. The molecule has 6 heteroatoms. The van der Waals surface area contributed by atoms with E-state index in [1.165, 1.54) is 0 Å². The van der Waals surface area contributed by atoms with E-state index in [0.29, 0.717) is 30.7 Å². The van der Waals surface area contributed by atoms with E-state index in [-0.39, 0.29) is 5.91 Å². The molecule has 1 amide bonds. The van der Waals surface area contributed by atoms with E-state index in [9.17, 15) is 4.79 Å². The van der Waals surface area contributed by atoms with Crippen molar-refractivity contribution in [2.75, 3.05) is 18.8 Å². The largest absolute Gasteiger partial charge is 0.456 e. The van der Waals surface area contributed by atoms with Gasteiger partial charge in [0.1, 0.15) is 11.6 Å². The number of hydrogen-bond donors (Lipinski definition) is 1. The molecule has 0 spiro atoms. The van der Waals surface area contributed by atoms with Gasteiger partial charge in [-0.2, -0.15) is 5.10 Å². The van der Waals surface area contributed by atoms with Gasteiger partial charge in [-0.15, -0.1) is 0 Å². The summed E-state index contributed by atoms with van der Waals surface area (Å²) in [5.74, 6) is 1.80. The van der Waals surface area contributed by atoms with Gasteiger partial charge in [0, 0.05) is 25.7 Å². The van der Waals surface area contributed by atoms with Crippen LogP contribution in [0, 0.1) is 0 Å². The third-order valence-corrected chi connectivity index (χ3v) is 3.98. The molecule has 6 nitrogen and oxygen atoms in total. The van der Waals surface area contributed by atoms with Gasteiger partial charge in [0.15, 0.2) is 5.76 Å². The minimum atomic E-state index is -0.0203. The Kier molecular flexibility index (Phi) is 3.68. The van der Waals surface area contributed by atoms with Gasteiger partial charge < -0.3 is 15.1 Å². The molecular formula is C15H20N4O2. The molecule has 0 unspecified atom stereocenters. The van der Waals surface area contributed by atoms with Crippen molar-refractivity contribution in [2.24, 2.45) is 0 Å². The van der Waals surface area contributed by atoms with Crippen LogP contribution in [-0.2, 0) is 6.42 Å². The Hall–Kier alpha value is -2.24. The van der Waals surface area contributed by atoms with Crippen molar-refractivity contribution in [3.8, 4) is 0 Å². The Labute approximate surface area is 123 Å². The number of nitrogens with zero attached hydrogens (tertiary/aromatic N) is 3. The number of hydrogen-bond acceptors (Lipinski definition) is 4. The molecule has 0 saturated carbocycles. The number of rotatable bonds is 3. The highest BCUT2D eigenvalue weighted by Crippen LogP contribution is 2.24. The van der Waals surface area contributed by atoms with Crippen LogP contribution in [0.5, 0.6) is 0 Å². The maximum absolute atomic E-state index is 12.4. The summed E-state index contributed by atoms with van der Waals surface area (Å²) in [5.41, 5.74) is 5.64. The van der Waals surface area contributed by atoms with Crippen molar-refractivity contribution in [3.63, 3.8) is 0 Å². The van der Waals surface area contributed by atoms with Gasteiger partial charge in [-0.1, -0.05) is 6.92 Å². The van der Waals surface area contributed by atoms with Crippen LogP contribution in [0.25, 0.3) is 0 Å². The van der Waals surface area contributed by atoms with Crippen LogP contribution in [-0.4, -0.2) is 33.7 Å². The van der Waals surface area contributed by atoms with Gasteiger partial charge in [0.25, 0.3) is 5.91 Å². The average molecular weight is 288 g/mol. The molecule has 3 heterocycles. The highest BCUT2D eigenvalue weighted by molar-refractivity contribution is 5.91. The molecule has 0 radical (unpaired) electrons. The fraction of sp³-hybridized carbons (Fsp3) is 0.467. The lowest BCUT2D eigenvalue weighted by atomic mass is 10.1. The first-order valence-corrected chi connectivity index (χ1v) is 7.36. The molecule has 2 N–H and O–H groups in total. The average Bonchev–Trinajstić information content (AvgIpc) is 3.15. The van der Waals surface area contributed by atoms with Crippen molar-refractivity contribution < 1.29 is 9.21 Å². The summed E-state index contributed by atoms with van der Waals surface area (Å²) < 4.78 is 7.44. The number of furan rings is 1. The van der Waals surface area contributed by atoms with Gasteiger partial charge >= 0.3 is 0 Å². The molecule has 2 aromatic heterocycles. The molecule has 0 aromatic carbocycles. The molecule has 1 saturated heterocycles.